The second-order valence-corrected chi connectivity index (χ2v) is 4.83. The number of ether oxygens (including phenoxy) is 1. The molecule has 0 spiro atoms. The fraction of sp³-hybridized carbons (Fsp3) is 0.125. The highest BCUT2D eigenvalue weighted by Gasteiger charge is 2.13. The van der Waals surface area contributed by atoms with E-state index >= 15 is 0 Å². The first-order chi connectivity index (χ1) is 10.2. The van der Waals surface area contributed by atoms with Crippen molar-refractivity contribution in [2.75, 3.05) is 12.8 Å². The lowest BCUT2D eigenvalue weighted by Crippen LogP contribution is -2.01. The number of nitrogen functional groups attached to an aromatic ring is 1. The molecule has 5 heteroatoms. The van der Waals surface area contributed by atoms with E-state index in [2.05, 4.69) is 16.4 Å². The van der Waals surface area contributed by atoms with Crippen molar-refractivity contribution in [3.63, 3.8) is 0 Å². The number of aromatic nitrogens is 3. The van der Waals surface area contributed by atoms with E-state index in [0.29, 0.717) is 5.69 Å². The van der Waals surface area contributed by atoms with Crippen LogP contribution >= 0.6 is 0 Å². The van der Waals surface area contributed by atoms with Gasteiger partial charge in [-0.3, -0.25) is 0 Å². The molecule has 0 radical (unpaired) electrons. The van der Waals surface area contributed by atoms with E-state index in [0.717, 1.165) is 28.3 Å². The molecular formula is C16H16N4O. The molecular weight excluding hydrogens is 264 g/mol. The molecule has 0 saturated carbocycles. The molecule has 106 valence electrons. The molecule has 0 unspecified atom stereocenters. The van der Waals surface area contributed by atoms with Gasteiger partial charge in [0.2, 0.25) is 0 Å². The second kappa shape index (κ2) is 5.28. The lowest BCUT2D eigenvalue weighted by atomic mass is 10.1. The number of hydrogen-bond acceptors (Lipinski definition) is 4. The quantitative estimate of drug-likeness (QED) is 0.749. The highest BCUT2D eigenvalue weighted by Crippen LogP contribution is 2.31. The maximum atomic E-state index is 5.73. The van der Waals surface area contributed by atoms with Gasteiger partial charge in [-0.25, -0.2) is 4.68 Å². The summed E-state index contributed by atoms with van der Waals surface area (Å²) < 4.78 is 7.22. The minimum Gasteiger partial charge on any atom is -0.496 e. The summed E-state index contributed by atoms with van der Waals surface area (Å²) in [5, 5.41) is 8.20. The Hall–Kier alpha value is -2.82. The molecule has 3 rings (SSSR count). The van der Waals surface area contributed by atoms with Crippen LogP contribution in [0.15, 0.2) is 48.7 Å². The zero-order chi connectivity index (χ0) is 14.8. The Balaban J connectivity index is 2.15. The van der Waals surface area contributed by atoms with E-state index < -0.39 is 0 Å². The van der Waals surface area contributed by atoms with Crippen molar-refractivity contribution < 1.29 is 4.74 Å². The Labute approximate surface area is 123 Å². The Bertz CT molecular complexity index is 762. The maximum Gasteiger partial charge on any atom is 0.128 e. The molecule has 21 heavy (non-hydrogen) atoms. The van der Waals surface area contributed by atoms with Gasteiger partial charge in [0.05, 0.1) is 24.7 Å². The summed E-state index contributed by atoms with van der Waals surface area (Å²) in [6.07, 6.45) is 1.73. The van der Waals surface area contributed by atoms with Crippen LogP contribution in [0, 0.1) is 6.92 Å². The van der Waals surface area contributed by atoms with Crippen molar-refractivity contribution in [2.24, 2.45) is 0 Å². The normalized spacial score (nSPS) is 10.6. The summed E-state index contributed by atoms with van der Waals surface area (Å²) in [5.41, 5.74) is 10.3. The fourth-order valence-electron chi connectivity index (χ4n) is 2.25. The van der Waals surface area contributed by atoms with Gasteiger partial charge < -0.3 is 10.5 Å². The number of nitrogens with zero attached hydrogens (tertiary/aromatic N) is 3. The Morgan fingerprint density at radius 1 is 1.10 bits per heavy atom. The van der Waals surface area contributed by atoms with E-state index in [9.17, 15) is 0 Å². The van der Waals surface area contributed by atoms with Crippen LogP contribution < -0.4 is 10.5 Å². The smallest absolute Gasteiger partial charge is 0.128 e. The Kier molecular flexibility index (Phi) is 3.31. The van der Waals surface area contributed by atoms with Gasteiger partial charge in [-0.15, -0.1) is 5.10 Å². The third kappa shape index (κ3) is 2.45. The van der Waals surface area contributed by atoms with Gasteiger partial charge in [-0.1, -0.05) is 16.8 Å². The molecule has 0 atom stereocenters. The van der Waals surface area contributed by atoms with E-state index in [1.54, 1.807) is 18.0 Å². The lowest BCUT2D eigenvalue weighted by molar-refractivity contribution is 0.416. The van der Waals surface area contributed by atoms with Crippen LogP contribution in [-0.2, 0) is 0 Å². The standard InChI is InChI=1S/C16H16N4O/c1-11-3-8-16(21-2)14(9-11)15-10-18-19-20(15)13-6-4-12(17)5-7-13/h3-10H,17H2,1-2H3. The summed E-state index contributed by atoms with van der Waals surface area (Å²) in [6.45, 7) is 2.04. The van der Waals surface area contributed by atoms with Crippen LogP contribution in [0.2, 0.25) is 0 Å². The van der Waals surface area contributed by atoms with Crippen LogP contribution in [0.1, 0.15) is 5.56 Å². The lowest BCUT2D eigenvalue weighted by Gasteiger charge is -2.11. The number of aryl methyl sites for hydroxylation is 1. The molecule has 2 aromatic carbocycles. The average Bonchev–Trinajstić information content (AvgIpc) is 2.97. The number of rotatable bonds is 3. The van der Waals surface area contributed by atoms with Crippen molar-refractivity contribution in [3.05, 3.63) is 54.2 Å². The molecule has 0 amide bonds. The molecule has 0 fully saturated rings. The third-order valence-electron chi connectivity index (χ3n) is 3.32. The highest BCUT2D eigenvalue weighted by molar-refractivity contribution is 5.69. The average molecular weight is 280 g/mol. The summed E-state index contributed by atoms with van der Waals surface area (Å²) in [6, 6.07) is 13.5. The minimum atomic E-state index is 0.716. The van der Waals surface area contributed by atoms with Gasteiger partial charge in [0.15, 0.2) is 0 Å². The van der Waals surface area contributed by atoms with Crippen molar-refractivity contribution in [1.29, 1.82) is 0 Å². The van der Waals surface area contributed by atoms with Gasteiger partial charge in [-0.2, -0.15) is 0 Å². The SMILES string of the molecule is COc1ccc(C)cc1-c1cnnn1-c1ccc(N)cc1. The molecule has 0 bridgehead atoms. The first kappa shape index (κ1) is 13.2. The second-order valence-electron chi connectivity index (χ2n) is 4.83. The van der Waals surface area contributed by atoms with Crippen LogP contribution in [0.25, 0.3) is 16.9 Å². The molecule has 1 heterocycles. The highest BCUT2D eigenvalue weighted by atomic mass is 16.5. The van der Waals surface area contributed by atoms with Gasteiger partial charge in [0, 0.05) is 11.3 Å². The van der Waals surface area contributed by atoms with Crippen molar-refractivity contribution in [3.8, 4) is 22.7 Å². The number of nitrogens with two attached hydrogens (primary N) is 1. The molecule has 0 aliphatic carbocycles. The summed E-state index contributed by atoms with van der Waals surface area (Å²) >= 11 is 0. The monoisotopic (exact) mass is 280 g/mol. The first-order valence-electron chi connectivity index (χ1n) is 6.60. The summed E-state index contributed by atoms with van der Waals surface area (Å²) in [5.74, 6) is 0.791. The Morgan fingerprint density at radius 2 is 1.86 bits per heavy atom. The van der Waals surface area contributed by atoms with Gasteiger partial charge in [0.1, 0.15) is 5.75 Å². The van der Waals surface area contributed by atoms with Crippen molar-refractivity contribution >= 4 is 5.69 Å². The molecule has 0 saturated heterocycles. The van der Waals surface area contributed by atoms with Crippen LogP contribution in [0.5, 0.6) is 5.75 Å². The molecule has 0 aliphatic rings. The van der Waals surface area contributed by atoms with E-state index in [-0.39, 0.29) is 0 Å². The molecule has 0 aliphatic heterocycles. The first-order valence-corrected chi connectivity index (χ1v) is 6.60. The van der Waals surface area contributed by atoms with E-state index in [4.69, 9.17) is 10.5 Å². The topological polar surface area (TPSA) is 66.0 Å². The van der Waals surface area contributed by atoms with Crippen molar-refractivity contribution in [1.82, 2.24) is 15.0 Å². The zero-order valence-corrected chi connectivity index (χ0v) is 11.9. The summed E-state index contributed by atoms with van der Waals surface area (Å²) in [4.78, 5) is 0. The Morgan fingerprint density at radius 3 is 2.57 bits per heavy atom. The molecule has 3 aromatic rings. The molecule has 2 N–H and O–H groups in total. The minimum absolute atomic E-state index is 0.716. The third-order valence-corrected chi connectivity index (χ3v) is 3.32. The maximum absolute atomic E-state index is 5.73. The largest absolute Gasteiger partial charge is 0.496 e. The van der Waals surface area contributed by atoms with E-state index in [1.807, 2.05) is 43.3 Å². The van der Waals surface area contributed by atoms with Crippen LogP contribution in [0.4, 0.5) is 5.69 Å². The number of anilines is 1. The number of hydrogen-bond donors (Lipinski definition) is 1. The number of methoxy groups -OCH3 is 1. The van der Waals surface area contributed by atoms with E-state index in [1.165, 1.54) is 0 Å². The number of benzene rings is 2. The van der Waals surface area contributed by atoms with Gasteiger partial charge >= 0.3 is 0 Å². The summed E-state index contributed by atoms with van der Waals surface area (Å²) in [7, 11) is 1.66. The predicted octanol–water partition coefficient (Wildman–Crippen LogP) is 2.83. The fourth-order valence-corrected chi connectivity index (χ4v) is 2.25. The molecule has 1 aromatic heterocycles. The zero-order valence-electron chi connectivity index (χ0n) is 11.9. The molecule has 5 nitrogen and oxygen atoms in total. The van der Waals surface area contributed by atoms with Gasteiger partial charge in [-0.05, 0) is 43.3 Å². The predicted molar refractivity (Wildman–Crippen MR) is 82.5 cm³/mol. The van der Waals surface area contributed by atoms with Crippen molar-refractivity contribution in [2.45, 2.75) is 6.92 Å². The van der Waals surface area contributed by atoms with Crippen LogP contribution in [0.3, 0.4) is 0 Å². The van der Waals surface area contributed by atoms with Crippen LogP contribution in [-0.4, -0.2) is 22.1 Å². The van der Waals surface area contributed by atoms with Gasteiger partial charge in [0.25, 0.3) is 0 Å².